The van der Waals surface area contributed by atoms with Crippen molar-refractivity contribution in [3.8, 4) is 0 Å². The van der Waals surface area contributed by atoms with Gasteiger partial charge in [0.15, 0.2) is 0 Å². The number of hydrogen-bond acceptors (Lipinski definition) is 2. The molecule has 0 bridgehead atoms. The van der Waals surface area contributed by atoms with Crippen LogP contribution in [0.2, 0.25) is 0 Å². The number of aliphatic imine (C=N–C) groups is 2. The molecule has 0 amide bonds. The summed E-state index contributed by atoms with van der Waals surface area (Å²) in [4.78, 5) is 8.50. The van der Waals surface area contributed by atoms with Gasteiger partial charge in [-0.15, -0.1) is 11.5 Å². The van der Waals surface area contributed by atoms with E-state index in [1.807, 2.05) is 48.9 Å². The minimum absolute atomic E-state index is 0.705. The number of nitrogens with zero attached hydrogens (tertiary/aromatic N) is 2. The first-order chi connectivity index (χ1) is 7.95. The maximum absolute atomic E-state index is 4.25. The molecule has 78 valence electrons. The highest BCUT2D eigenvalue weighted by Gasteiger charge is 1.88. The van der Waals surface area contributed by atoms with Crippen molar-refractivity contribution < 1.29 is 0 Å². The SMILES string of the molecule is C1=CC=CC=1C=NCCN=CC1=C=CC=C1. The van der Waals surface area contributed by atoms with E-state index in [2.05, 4.69) is 21.4 Å². The van der Waals surface area contributed by atoms with Crippen LogP contribution < -0.4 is 0 Å². The lowest BCUT2D eigenvalue weighted by Crippen LogP contribution is -1.89. The first kappa shape index (κ1) is 10.4. The second-order valence-electron chi connectivity index (χ2n) is 3.32. The predicted octanol–water partition coefficient (Wildman–Crippen LogP) is 2.43. The molecule has 0 saturated carbocycles. The lowest BCUT2D eigenvalue weighted by molar-refractivity contribution is 0.985. The third kappa shape index (κ3) is 3.21. The smallest absolute Gasteiger partial charge is 0.0585 e. The molecule has 0 unspecified atom stereocenters. The Kier molecular flexibility index (Phi) is 3.68. The normalized spacial score (nSPS) is 17.0. The van der Waals surface area contributed by atoms with E-state index in [4.69, 9.17) is 0 Å². The zero-order valence-corrected chi connectivity index (χ0v) is 8.93. The summed E-state index contributed by atoms with van der Waals surface area (Å²) in [7, 11) is 0. The summed E-state index contributed by atoms with van der Waals surface area (Å²) in [5, 5.41) is 0. The van der Waals surface area contributed by atoms with E-state index in [1.165, 1.54) is 0 Å². The Balaban J connectivity index is 1.69. The lowest BCUT2D eigenvalue weighted by Gasteiger charge is -1.89. The van der Waals surface area contributed by atoms with Crippen LogP contribution in [0.5, 0.6) is 0 Å². The first-order valence-electron chi connectivity index (χ1n) is 5.21. The van der Waals surface area contributed by atoms with Gasteiger partial charge in [0.1, 0.15) is 0 Å². The summed E-state index contributed by atoms with van der Waals surface area (Å²) < 4.78 is 0. The zero-order valence-electron chi connectivity index (χ0n) is 8.93. The fourth-order valence-electron chi connectivity index (χ4n) is 1.29. The Morgan fingerprint density at radius 3 is 1.75 bits per heavy atom. The van der Waals surface area contributed by atoms with Crippen LogP contribution in [0, 0.1) is 0 Å². The summed E-state index contributed by atoms with van der Waals surface area (Å²) in [6.07, 6.45) is 15.3. The molecule has 2 heteroatoms. The molecule has 0 spiro atoms. The van der Waals surface area contributed by atoms with Gasteiger partial charge in [0.25, 0.3) is 0 Å². The van der Waals surface area contributed by atoms with Gasteiger partial charge in [0.05, 0.1) is 13.1 Å². The largest absolute Gasteiger partial charge is 0.290 e. The highest BCUT2D eigenvalue weighted by Crippen LogP contribution is 1.98. The molecule has 0 heterocycles. The molecule has 2 aliphatic rings. The molecular weight excluding hydrogens is 196 g/mol. The third-order valence-corrected chi connectivity index (χ3v) is 2.06. The van der Waals surface area contributed by atoms with Crippen molar-refractivity contribution >= 4 is 12.4 Å². The van der Waals surface area contributed by atoms with Crippen molar-refractivity contribution in [2.24, 2.45) is 9.98 Å². The Morgan fingerprint density at radius 2 is 1.38 bits per heavy atom. The Labute approximate surface area is 95.1 Å². The second-order valence-corrected chi connectivity index (χ2v) is 3.32. The first-order valence-corrected chi connectivity index (χ1v) is 5.21. The Hall–Kier alpha value is -2.14. The average Bonchev–Trinajstić information content (AvgIpc) is 2.96. The summed E-state index contributed by atoms with van der Waals surface area (Å²) in [5.74, 6) is 0. The highest BCUT2D eigenvalue weighted by atomic mass is 14.8. The minimum atomic E-state index is 0.705. The van der Waals surface area contributed by atoms with Crippen LogP contribution >= 0.6 is 0 Å². The molecule has 2 nitrogen and oxygen atoms in total. The summed E-state index contributed by atoms with van der Waals surface area (Å²) >= 11 is 0. The van der Waals surface area contributed by atoms with Crippen LogP contribution in [-0.4, -0.2) is 25.5 Å². The van der Waals surface area contributed by atoms with Gasteiger partial charge in [-0.1, -0.05) is 12.2 Å². The van der Waals surface area contributed by atoms with E-state index in [9.17, 15) is 0 Å². The van der Waals surface area contributed by atoms with E-state index >= 15 is 0 Å². The van der Waals surface area contributed by atoms with Crippen LogP contribution in [-0.2, 0) is 0 Å². The monoisotopic (exact) mass is 208 g/mol. The maximum Gasteiger partial charge on any atom is 0.0585 e. The van der Waals surface area contributed by atoms with Gasteiger partial charge in [0, 0.05) is 23.6 Å². The van der Waals surface area contributed by atoms with Gasteiger partial charge < -0.3 is 0 Å². The van der Waals surface area contributed by atoms with Crippen molar-refractivity contribution in [3.05, 3.63) is 59.1 Å². The van der Waals surface area contributed by atoms with Crippen LogP contribution in [0.4, 0.5) is 0 Å². The zero-order chi connectivity index (χ0) is 11.1. The number of hydrogen-bond donors (Lipinski definition) is 0. The molecule has 0 radical (unpaired) electrons. The van der Waals surface area contributed by atoms with Crippen LogP contribution in [0.25, 0.3) is 0 Å². The summed E-state index contributed by atoms with van der Waals surface area (Å²) in [6.45, 7) is 1.41. The molecule has 0 aromatic rings. The van der Waals surface area contributed by atoms with E-state index in [-0.39, 0.29) is 0 Å². The van der Waals surface area contributed by atoms with E-state index in [1.54, 1.807) is 0 Å². The summed E-state index contributed by atoms with van der Waals surface area (Å²) in [6, 6.07) is 0. The molecule has 2 rings (SSSR count). The van der Waals surface area contributed by atoms with Gasteiger partial charge >= 0.3 is 0 Å². The number of rotatable bonds is 5. The van der Waals surface area contributed by atoms with Crippen LogP contribution in [0.15, 0.2) is 69.0 Å². The summed E-state index contributed by atoms with van der Waals surface area (Å²) in [5.41, 5.74) is 8.16. The molecule has 2 aliphatic carbocycles. The quantitative estimate of drug-likeness (QED) is 0.376. The van der Waals surface area contributed by atoms with Gasteiger partial charge in [-0.2, -0.15) is 0 Å². The van der Waals surface area contributed by atoms with E-state index in [0.717, 1.165) is 11.1 Å². The second kappa shape index (κ2) is 5.67. The molecule has 0 N–H and O–H groups in total. The Bertz CT molecular complexity index is 453. The minimum Gasteiger partial charge on any atom is -0.290 e. The molecule has 16 heavy (non-hydrogen) atoms. The molecule has 0 aliphatic heterocycles. The Morgan fingerprint density at radius 1 is 0.875 bits per heavy atom. The topological polar surface area (TPSA) is 24.7 Å². The fraction of sp³-hybridized carbons (Fsp3) is 0.143. The molecular formula is C14H12N2. The van der Waals surface area contributed by atoms with Gasteiger partial charge in [-0.25, -0.2) is 0 Å². The van der Waals surface area contributed by atoms with Crippen molar-refractivity contribution in [1.82, 2.24) is 0 Å². The van der Waals surface area contributed by atoms with Gasteiger partial charge in [0.2, 0.25) is 0 Å². The van der Waals surface area contributed by atoms with Crippen LogP contribution in [0.3, 0.4) is 0 Å². The fourth-order valence-corrected chi connectivity index (χ4v) is 1.29. The molecule has 0 aromatic heterocycles. The number of allylic oxidation sites excluding steroid dienone is 6. The van der Waals surface area contributed by atoms with E-state index < -0.39 is 0 Å². The third-order valence-electron chi connectivity index (χ3n) is 2.06. The molecule has 0 aromatic carbocycles. The molecule has 0 atom stereocenters. The van der Waals surface area contributed by atoms with Crippen LogP contribution in [0.1, 0.15) is 0 Å². The molecule has 0 saturated heterocycles. The van der Waals surface area contributed by atoms with Gasteiger partial charge in [-0.05, 0) is 24.3 Å². The van der Waals surface area contributed by atoms with Crippen molar-refractivity contribution in [2.45, 2.75) is 0 Å². The predicted molar refractivity (Wildman–Crippen MR) is 68.2 cm³/mol. The molecule has 0 fully saturated rings. The van der Waals surface area contributed by atoms with Crippen molar-refractivity contribution in [2.75, 3.05) is 13.1 Å². The maximum atomic E-state index is 4.25. The average molecular weight is 208 g/mol. The van der Waals surface area contributed by atoms with Crippen molar-refractivity contribution in [3.63, 3.8) is 0 Å². The van der Waals surface area contributed by atoms with E-state index in [0.29, 0.717) is 13.1 Å². The van der Waals surface area contributed by atoms with Crippen molar-refractivity contribution in [1.29, 1.82) is 0 Å². The lowest BCUT2D eigenvalue weighted by atomic mass is 10.3. The van der Waals surface area contributed by atoms with Gasteiger partial charge in [-0.3, -0.25) is 9.98 Å². The highest BCUT2D eigenvalue weighted by molar-refractivity contribution is 5.83. The standard InChI is InChI=1S/C14H12N2/c1-2-6-13(5-1)11-15-9-10-16-12-14-7-3-4-8-14/h1-5,7,11-12H,9-10H2.